The molecule has 0 aromatic heterocycles. The number of nitrogens with one attached hydrogen (secondary N) is 2. The van der Waals surface area contributed by atoms with Gasteiger partial charge in [-0.05, 0) is 67.1 Å². The standard InChI is InChI=1S/C23H21FN2O4/c1-14-4-10-18(25-22(27)15-5-8-17(24)9-6-15)13-19(14)26-23(28)16-7-11-20(29-2)21(12-16)30-3/h4-13H,1-3H3,(H,25,27)(H,26,28). The van der Waals surface area contributed by atoms with Crippen LogP contribution in [0.5, 0.6) is 11.5 Å². The fourth-order valence-corrected chi connectivity index (χ4v) is 2.81. The van der Waals surface area contributed by atoms with Crippen LogP contribution >= 0.6 is 0 Å². The Balaban J connectivity index is 1.77. The van der Waals surface area contributed by atoms with E-state index in [4.69, 9.17) is 9.47 Å². The number of benzene rings is 3. The average molecular weight is 408 g/mol. The van der Waals surface area contributed by atoms with Crippen molar-refractivity contribution in [1.82, 2.24) is 0 Å². The fourth-order valence-electron chi connectivity index (χ4n) is 2.81. The molecular weight excluding hydrogens is 387 g/mol. The predicted molar refractivity (Wildman–Crippen MR) is 113 cm³/mol. The molecule has 0 heterocycles. The first-order chi connectivity index (χ1) is 14.4. The van der Waals surface area contributed by atoms with E-state index in [0.29, 0.717) is 34.0 Å². The molecular formula is C23H21FN2O4. The van der Waals surface area contributed by atoms with Gasteiger partial charge in [0, 0.05) is 22.5 Å². The van der Waals surface area contributed by atoms with Gasteiger partial charge < -0.3 is 20.1 Å². The molecule has 0 unspecified atom stereocenters. The number of amides is 2. The highest BCUT2D eigenvalue weighted by Crippen LogP contribution is 2.28. The molecule has 3 aromatic carbocycles. The van der Waals surface area contributed by atoms with Crippen LogP contribution in [0.15, 0.2) is 60.7 Å². The first kappa shape index (κ1) is 20.9. The highest BCUT2D eigenvalue weighted by molar-refractivity contribution is 6.07. The minimum atomic E-state index is -0.415. The lowest BCUT2D eigenvalue weighted by atomic mass is 10.1. The summed E-state index contributed by atoms with van der Waals surface area (Å²) in [5, 5.41) is 5.58. The number of carbonyl (C=O) groups excluding carboxylic acids is 2. The van der Waals surface area contributed by atoms with Gasteiger partial charge in [0.15, 0.2) is 11.5 Å². The van der Waals surface area contributed by atoms with Gasteiger partial charge in [0.05, 0.1) is 14.2 Å². The number of halogens is 1. The number of hydrogen-bond acceptors (Lipinski definition) is 4. The smallest absolute Gasteiger partial charge is 0.255 e. The Morgan fingerprint density at radius 3 is 2.07 bits per heavy atom. The molecule has 0 saturated heterocycles. The number of methoxy groups -OCH3 is 2. The maximum absolute atomic E-state index is 13.0. The largest absolute Gasteiger partial charge is 0.493 e. The number of carbonyl (C=O) groups is 2. The topological polar surface area (TPSA) is 76.7 Å². The summed E-state index contributed by atoms with van der Waals surface area (Å²) in [7, 11) is 3.02. The molecule has 3 aromatic rings. The first-order valence-corrected chi connectivity index (χ1v) is 9.12. The molecule has 3 rings (SSSR count). The monoisotopic (exact) mass is 408 g/mol. The summed E-state index contributed by atoms with van der Waals surface area (Å²) in [5.41, 5.74) is 2.59. The van der Waals surface area contributed by atoms with Crippen LogP contribution in [0, 0.1) is 12.7 Å². The van der Waals surface area contributed by atoms with Gasteiger partial charge in [-0.2, -0.15) is 0 Å². The maximum atomic E-state index is 13.0. The Morgan fingerprint density at radius 1 is 0.767 bits per heavy atom. The van der Waals surface area contributed by atoms with Crippen molar-refractivity contribution in [3.05, 3.63) is 83.2 Å². The zero-order valence-electron chi connectivity index (χ0n) is 16.8. The maximum Gasteiger partial charge on any atom is 0.255 e. The van der Waals surface area contributed by atoms with Crippen LogP contribution in [0.1, 0.15) is 26.3 Å². The normalized spacial score (nSPS) is 10.3. The van der Waals surface area contributed by atoms with Gasteiger partial charge in [-0.1, -0.05) is 6.07 Å². The zero-order chi connectivity index (χ0) is 21.7. The van der Waals surface area contributed by atoms with E-state index in [0.717, 1.165) is 5.56 Å². The van der Waals surface area contributed by atoms with Gasteiger partial charge in [-0.25, -0.2) is 4.39 Å². The summed E-state index contributed by atoms with van der Waals surface area (Å²) < 4.78 is 23.5. The first-order valence-electron chi connectivity index (χ1n) is 9.12. The highest BCUT2D eigenvalue weighted by atomic mass is 19.1. The second-order valence-electron chi connectivity index (χ2n) is 6.51. The van der Waals surface area contributed by atoms with E-state index >= 15 is 0 Å². The molecule has 7 heteroatoms. The second kappa shape index (κ2) is 9.09. The van der Waals surface area contributed by atoms with Crippen molar-refractivity contribution in [2.24, 2.45) is 0 Å². The minimum absolute atomic E-state index is 0.327. The van der Waals surface area contributed by atoms with Crippen molar-refractivity contribution >= 4 is 23.2 Å². The van der Waals surface area contributed by atoms with Crippen LogP contribution < -0.4 is 20.1 Å². The summed E-state index contributed by atoms with van der Waals surface area (Å²) in [6, 6.07) is 15.3. The molecule has 30 heavy (non-hydrogen) atoms. The summed E-state index contributed by atoms with van der Waals surface area (Å²) in [6.45, 7) is 1.84. The molecule has 2 N–H and O–H groups in total. The number of rotatable bonds is 6. The van der Waals surface area contributed by atoms with E-state index < -0.39 is 5.82 Å². The van der Waals surface area contributed by atoms with Gasteiger partial charge in [-0.15, -0.1) is 0 Å². The van der Waals surface area contributed by atoms with E-state index in [-0.39, 0.29) is 11.8 Å². The lowest BCUT2D eigenvalue weighted by Gasteiger charge is -2.13. The SMILES string of the molecule is COc1ccc(C(=O)Nc2cc(NC(=O)c3ccc(F)cc3)ccc2C)cc1OC. The van der Waals surface area contributed by atoms with Crippen molar-refractivity contribution in [1.29, 1.82) is 0 Å². The third kappa shape index (κ3) is 4.75. The van der Waals surface area contributed by atoms with E-state index in [2.05, 4.69) is 10.6 Å². The van der Waals surface area contributed by atoms with E-state index in [1.165, 1.54) is 38.5 Å². The lowest BCUT2D eigenvalue weighted by molar-refractivity contribution is 0.101. The minimum Gasteiger partial charge on any atom is -0.493 e. The Kier molecular flexibility index (Phi) is 6.32. The number of aryl methyl sites for hydroxylation is 1. The van der Waals surface area contributed by atoms with Gasteiger partial charge in [0.2, 0.25) is 0 Å². The summed E-state index contributed by atoms with van der Waals surface area (Å²) >= 11 is 0. The Hall–Kier alpha value is -3.87. The van der Waals surface area contributed by atoms with Crippen molar-refractivity contribution in [2.45, 2.75) is 6.92 Å². The van der Waals surface area contributed by atoms with Crippen molar-refractivity contribution in [3.8, 4) is 11.5 Å². The number of ether oxygens (including phenoxy) is 2. The molecule has 2 amide bonds. The Morgan fingerprint density at radius 2 is 1.40 bits per heavy atom. The van der Waals surface area contributed by atoms with Crippen LogP contribution in [0.3, 0.4) is 0 Å². The molecule has 0 aliphatic rings. The molecule has 0 spiro atoms. The Labute approximate surface area is 173 Å². The third-order valence-corrected chi connectivity index (χ3v) is 4.50. The van der Waals surface area contributed by atoms with Crippen molar-refractivity contribution in [3.63, 3.8) is 0 Å². The van der Waals surface area contributed by atoms with Crippen LogP contribution in [-0.4, -0.2) is 26.0 Å². The lowest BCUT2D eigenvalue weighted by Crippen LogP contribution is -2.15. The Bertz CT molecular complexity index is 1080. The summed E-state index contributed by atoms with van der Waals surface area (Å²) in [5.74, 6) is -0.156. The third-order valence-electron chi connectivity index (χ3n) is 4.50. The second-order valence-corrected chi connectivity index (χ2v) is 6.51. The molecule has 6 nitrogen and oxygen atoms in total. The zero-order valence-corrected chi connectivity index (χ0v) is 16.8. The number of hydrogen-bond donors (Lipinski definition) is 2. The molecule has 0 aliphatic heterocycles. The van der Waals surface area contributed by atoms with Crippen LogP contribution in [0.25, 0.3) is 0 Å². The molecule has 0 fully saturated rings. The molecule has 0 bridgehead atoms. The van der Waals surface area contributed by atoms with Crippen molar-refractivity contribution in [2.75, 3.05) is 24.9 Å². The predicted octanol–water partition coefficient (Wildman–Crippen LogP) is 4.66. The van der Waals surface area contributed by atoms with Gasteiger partial charge in [0.1, 0.15) is 5.82 Å². The van der Waals surface area contributed by atoms with E-state index in [1.807, 2.05) is 6.92 Å². The highest BCUT2D eigenvalue weighted by Gasteiger charge is 2.13. The van der Waals surface area contributed by atoms with Crippen LogP contribution in [-0.2, 0) is 0 Å². The fraction of sp³-hybridized carbons (Fsp3) is 0.130. The molecule has 0 radical (unpaired) electrons. The van der Waals surface area contributed by atoms with Crippen LogP contribution in [0.2, 0.25) is 0 Å². The summed E-state index contributed by atoms with van der Waals surface area (Å²) in [4.78, 5) is 25.0. The van der Waals surface area contributed by atoms with Crippen LogP contribution in [0.4, 0.5) is 15.8 Å². The van der Waals surface area contributed by atoms with Gasteiger partial charge in [-0.3, -0.25) is 9.59 Å². The molecule has 0 saturated carbocycles. The molecule has 0 atom stereocenters. The summed E-state index contributed by atoms with van der Waals surface area (Å²) in [6.07, 6.45) is 0. The van der Waals surface area contributed by atoms with Gasteiger partial charge in [0.25, 0.3) is 11.8 Å². The van der Waals surface area contributed by atoms with E-state index in [1.54, 1.807) is 36.4 Å². The molecule has 0 aliphatic carbocycles. The van der Waals surface area contributed by atoms with Gasteiger partial charge >= 0.3 is 0 Å². The quantitative estimate of drug-likeness (QED) is 0.622. The number of anilines is 2. The average Bonchev–Trinajstić information content (AvgIpc) is 2.75. The van der Waals surface area contributed by atoms with E-state index in [9.17, 15) is 14.0 Å². The van der Waals surface area contributed by atoms with Crippen molar-refractivity contribution < 1.29 is 23.5 Å². The molecule has 154 valence electrons.